The van der Waals surface area contributed by atoms with Crippen molar-refractivity contribution in [1.29, 1.82) is 0 Å². The van der Waals surface area contributed by atoms with Gasteiger partial charge in [-0.25, -0.2) is 4.79 Å². The topological polar surface area (TPSA) is 116 Å². The standard InChI is InChI=1S/C29H36N8O3/c1-21(2)26(38)35-13-6-14-36(16-15-35)27-32-25(33-28(34-27)37-17-19-40-20-18-37)22-9-11-24(12-10-22)31-29(39)30-23-7-4-3-5-8-23/h3-5,7-12,21H,6,13-20H2,1-2H3,(H2,30,31,39). The Balaban J connectivity index is 1.35. The number of hydrogen-bond donors (Lipinski definition) is 2. The Hall–Kier alpha value is -4.25. The summed E-state index contributed by atoms with van der Waals surface area (Å²) in [5.74, 6) is 1.94. The van der Waals surface area contributed by atoms with Crippen LogP contribution in [-0.4, -0.2) is 84.3 Å². The van der Waals surface area contributed by atoms with Crippen molar-refractivity contribution in [1.82, 2.24) is 19.9 Å². The fourth-order valence-corrected chi connectivity index (χ4v) is 4.75. The summed E-state index contributed by atoms with van der Waals surface area (Å²) in [5, 5.41) is 5.67. The molecule has 11 nitrogen and oxygen atoms in total. The van der Waals surface area contributed by atoms with Crippen molar-refractivity contribution < 1.29 is 14.3 Å². The first-order valence-corrected chi connectivity index (χ1v) is 13.8. The maximum Gasteiger partial charge on any atom is 0.323 e. The number of nitrogens with one attached hydrogen (secondary N) is 2. The van der Waals surface area contributed by atoms with Crippen LogP contribution >= 0.6 is 0 Å². The molecule has 2 N–H and O–H groups in total. The predicted octanol–water partition coefficient (Wildman–Crippen LogP) is 3.71. The molecule has 0 atom stereocenters. The van der Waals surface area contributed by atoms with E-state index in [1.807, 2.05) is 73.3 Å². The highest BCUT2D eigenvalue weighted by molar-refractivity contribution is 5.99. The van der Waals surface area contributed by atoms with Gasteiger partial charge in [-0.2, -0.15) is 15.0 Å². The Labute approximate surface area is 234 Å². The van der Waals surface area contributed by atoms with Gasteiger partial charge < -0.3 is 30.1 Å². The van der Waals surface area contributed by atoms with Crippen molar-refractivity contribution in [3.8, 4) is 11.4 Å². The lowest BCUT2D eigenvalue weighted by Gasteiger charge is -2.28. The molecular formula is C29H36N8O3. The van der Waals surface area contributed by atoms with Crippen LogP contribution in [0.3, 0.4) is 0 Å². The Morgan fingerprint density at radius 1 is 0.750 bits per heavy atom. The number of rotatable bonds is 6. The summed E-state index contributed by atoms with van der Waals surface area (Å²) < 4.78 is 5.53. The van der Waals surface area contributed by atoms with E-state index >= 15 is 0 Å². The number of para-hydroxylation sites is 1. The lowest BCUT2D eigenvalue weighted by molar-refractivity contribution is -0.134. The van der Waals surface area contributed by atoms with E-state index in [1.165, 1.54) is 0 Å². The Morgan fingerprint density at radius 2 is 1.38 bits per heavy atom. The van der Waals surface area contributed by atoms with Crippen LogP contribution in [0.5, 0.6) is 0 Å². The van der Waals surface area contributed by atoms with Crippen LogP contribution in [0, 0.1) is 5.92 Å². The highest BCUT2D eigenvalue weighted by Crippen LogP contribution is 2.24. The molecule has 5 rings (SSSR count). The fraction of sp³-hybridized carbons (Fsp3) is 0.414. The summed E-state index contributed by atoms with van der Waals surface area (Å²) in [6.07, 6.45) is 0.845. The second-order valence-corrected chi connectivity index (χ2v) is 10.2. The summed E-state index contributed by atoms with van der Waals surface area (Å²) in [4.78, 5) is 45.7. The van der Waals surface area contributed by atoms with Crippen LogP contribution in [0.2, 0.25) is 0 Å². The Kier molecular flexibility index (Phi) is 8.70. The highest BCUT2D eigenvalue weighted by atomic mass is 16.5. The fourth-order valence-electron chi connectivity index (χ4n) is 4.75. The summed E-state index contributed by atoms with van der Waals surface area (Å²) in [5.41, 5.74) is 2.19. The van der Waals surface area contributed by atoms with Crippen LogP contribution in [0.25, 0.3) is 11.4 Å². The van der Waals surface area contributed by atoms with Crippen molar-refractivity contribution in [3.63, 3.8) is 0 Å². The molecule has 0 bridgehead atoms. The first-order chi connectivity index (χ1) is 19.5. The molecule has 3 aromatic rings. The molecule has 40 heavy (non-hydrogen) atoms. The van der Waals surface area contributed by atoms with Crippen LogP contribution in [0.4, 0.5) is 28.1 Å². The van der Waals surface area contributed by atoms with Gasteiger partial charge in [0.25, 0.3) is 0 Å². The van der Waals surface area contributed by atoms with Gasteiger partial charge in [0.1, 0.15) is 0 Å². The van der Waals surface area contributed by atoms with Gasteiger partial charge in [-0.3, -0.25) is 4.79 Å². The minimum Gasteiger partial charge on any atom is -0.378 e. The second kappa shape index (κ2) is 12.7. The van der Waals surface area contributed by atoms with E-state index in [4.69, 9.17) is 19.7 Å². The predicted molar refractivity (Wildman–Crippen MR) is 156 cm³/mol. The quantitative estimate of drug-likeness (QED) is 0.483. The molecule has 0 radical (unpaired) electrons. The van der Waals surface area contributed by atoms with E-state index in [2.05, 4.69) is 20.4 Å². The van der Waals surface area contributed by atoms with Crippen molar-refractivity contribution in [2.45, 2.75) is 20.3 Å². The molecule has 2 fully saturated rings. The number of aromatic nitrogens is 3. The largest absolute Gasteiger partial charge is 0.378 e. The van der Waals surface area contributed by atoms with Gasteiger partial charge in [0.05, 0.1) is 13.2 Å². The number of carbonyl (C=O) groups is 2. The molecule has 2 aliphatic rings. The normalized spacial score (nSPS) is 16.0. The number of benzene rings is 2. The van der Waals surface area contributed by atoms with Crippen LogP contribution < -0.4 is 20.4 Å². The zero-order valence-electron chi connectivity index (χ0n) is 23.0. The molecule has 1 aromatic heterocycles. The van der Waals surface area contributed by atoms with Crippen molar-refractivity contribution in [3.05, 3.63) is 54.6 Å². The van der Waals surface area contributed by atoms with Crippen LogP contribution in [0.15, 0.2) is 54.6 Å². The first-order valence-electron chi connectivity index (χ1n) is 13.8. The molecule has 0 aliphatic carbocycles. The molecule has 210 valence electrons. The number of hydrogen-bond acceptors (Lipinski definition) is 8. The van der Waals surface area contributed by atoms with Gasteiger partial charge in [-0.15, -0.1) is 0 Å². The highest BCUT2D eigenvalue weighted by Gasteiger charge is 2.24. The van der Waals surface area contributed by atoms with E-state index in [9.17, 15) is 9.59 Å². The second-order valence-electron chi connectivity index (χ2n) is 10.2. The number of morpholine rings is 1. The number of carbonyl (C=O) groups excluding carboxylic acids is 2. The Bertz CT molecular complexity index is 1300. The number of anilines is 4. The van der Waals surface area contributed by atoms with Gasteiger partial charge in [-0.1, -0.05) is 32.0 Å². The summed E-state index contributed by atoms with van der Waals surface area (Å²) in [6.45, 7) is 9.32. The van der Waals surface area contributed by atoms with Gasteiger partial charge >= 0.3 is 6.03 Å². The minimum absolute atomic E-state index is 0.0230. The third kappa shape index (κ3) is 6.84. The summed E-state index contributed by atoms with van der Waals surface area (Å²) in [6, 6.07) is 16.4. The summed E-state index contributed by atoms with van der Waals surface area (Å²) in [7, 11) is 0. The molecule has 0 spiro atoms. The molecule has 0 saturated carbocycles. The zero-order chi connectivity index (χ0) is 27.9. The van der Waals surface area contributed by atoms with Crippen molar-refractivity contribution >= 4 is 35.2 Å². The molecule has 2 saturated heterocycles. The van der Waals surface area contributed by atoms with Crippen molar-refractivity contribution in [2.75, 3.05) is 72.9 Å². The smallest absolute Gasteiger partial charge is 0.323 e. The number of urea groups is 1. The first kappa shape index (κ1) is 27.3. The third-order valence-corrected chi connectivity index (χ3v) is 6.92. The van der Waals surface area contributed by atoms with Crippen LogP contribution in [0.1, 0.15) is 20.3 Å². The lowest BCUT2D eigenvalue weighted by atomic mass is 10.2. The average molecular weight is 545 g/mol. The monoisotopic (exact) mass is 544 g/mol. The zero-order valence-corrected chi connectivity index (χ0v) is 23.0. The number of nitrogens with zero attached hydrogens (tertiary/aromatic N) is 6. The lowest BCUT2D eigenvalue weighted by Crippen LogP contribution is -2.39. The summed E-state index contributed by atoms with van der Waals surface area (Å²) >= 11 is 0. The maximum atomic E-state index is 12.6. The molecule has 2 aliphatic heterocycles. The Morgan fingerprint density at radius 3 is 2.02 bits per heavy atom. The number of amides is 3. The van der Waals surface area contributed by atoms with Gasteiger partial charge in [0, 0.05) is 62.1 Å². The maximum absolute atomic E-state index is 12.6. The van der Waals surface area contributed by atoms with E-state index in [0.29, 0.717) is 62.8 Å². The molecule has 11 heteroatoms. The molecule has 2 aromatic carbocycles. The van der Waals surface area contributed by atoms with E-state index < -0.39 is 0 Å². The third-order valence-electron chi connectivity index (χ3n) is 6.92. The SMILES string of the molecule is CC(C)C(=O)N1CCCN(c2nc(-c3ccc(NC(=O)Nc4ccccc4)cc3)nc(N3CCOCC3)n2)CC1. The molecular weight excluding hydrogens is 508 g/mol. The molecule has 3 heterocycles. The minimum atomic E-state index is -0.317. The van der Waals surface area contributed by atoms with E-state index in [1.54, 1.807) is 0 Å². The van der Waals surface area contributed by atoms with E-state index in [0.717, 1.165) is 30.8 Å². The van der Waals surface area contributed by atoms with Gasteiger partial charge in [0.15, 0.2) is 5.82 Å². The van der Waals surface area contributed by atoms with Crippen LogP contribution in [-0.2, 0) is 9.53 Å². The van der Waals surface area contributed by atoms with E-state index in [-0.39, 0.29) is 17.9 Å². The van der Waals surface area contributed by atoms with Gasteiger partial charge in [-0.05, 0) is 42.8 Å². The van der Waals surface area contributed by atoms with Gasteiger partial charge in [0.2, 0.25) is 17.8 Å². The average Bonchev–Trinajstić information content (AvgIpc) is 3.24. The van der Waals surface area contributed by atoms with Crippen molar-refractivity contribution in [2.24, 2.45) is 5.92 Å². The number of ether oxygens (including phenoxy) is 1. The molecule has 0 unspecified atom stereocenters. The molecule has 3 amide bonds.